The van der Waals surface area contributed by atoms with Crippen molar-refractivity contribution < 1.29 is 39.3 Å². The second kappa shape index (κ2) is 13.4. The van der Waals surface area contributed by atoms with Crippen molar-refractivity contribution in [2.45, 2.75) is 44.2 Å². The summed E-state index contributed by atoms with van der Waals surface area (Å²) in [7, 11) is 0. The van der Waals surface area contributed by atoms with Crippen LogP contribution in [0.5, 0.6) is 0 Å². The van der Waals surface area contributed by atoms with Crippen LogP contribution in [0.25, 0.3) is 0 Å². The SMILES string of the molecule is NNc1ccc(C(=O)NCCCCC(NC(=O)NC(CCC(=O)O)C(=O)O)C(=O)O)cn1. The molecule has 2 unspecified atom stereocenters. The van der Waals surface area contributed by atoms with Crippen molar-refractivity contribution in [3.63, 3.8) is 0 Å². The van der Waals surface area contributed by atoms with Crippen LogP contribution < -0.4 is 27.2 Å². The first-order valence-electron chi connectivity index (χ1n) is 9.59. The highest BCUT2D eigenvalue weighted by atomic mass is 16.4. The summed E-state index contributed by atoms with van der Waals surface area (Å²) in [6, 6.07) is -0.743. The monoisotopic (exact) mass is 454 g/mol. The predicted octanol–water partition coefficient (Wildman–Crippen LogP) is -0.662. The molecule has 0 aliphatic heterocycles. The molecule has 2 atom stereocenters. The Hall–Kier alpha value is -3.94. The highest BCUT2D eigenvalue weighted by Crippen LogP contribution is 2.05. The Morgan fingerprint density at radius 2 is 1.56 bits per heavy atom. The van der Waals surface area contributed by atoms with Gasteiger partial charge in [-0.3, -0.25) is 9.59 Å². The van der Waals surface area contributed by atoms with Gasteiger partial charge in [-0.1, -0.05) is 0 Å². The fraction of sp³-hybridized carbons (Fsp3) is 0.444. The number of hydrazine groups is 1. The molecule has 9 N–H and O–H groups in total. The largest absolute Gasteiger partial charge is 0.481 e. The van der Waals surface area contributed by atoms with Crippen molar-refractivity contribution >= 4 is 35.7 Å². The van der Waals surface area contributed by atoms with Crippen LogP contribution in [-0.4, -0.2) is 68.8 Å². The van der Waals surface area contributed by atoms with Crippen LogP contribution in [0.1, 0.15) is 42.5 Å². The number of pyridine rings is 1. The summed E-state index contributed by atoms with van der Waals surface area (Å²) in [5, 5.41) is 33.8. The van der Waals surface area contributed by atoms with Gasteiger partial charge >= 0.3 is 23.9 Å². The Kier molecular flexibility index (Phi) is 10.9. The van der Waals surface area contributed by atoms with E-state index in [0.29, 0.717) is 24.2 Å². The van der Waals surface area contributed by atoms with Gasteiger partial charge in [0.2, 0.25) is 0 Å². The number of nitrogens with two attached hydrogens (primary N) is 1. The van der Waals surface area contributed by atoms with Crippen LogP contribution in [-0.2, 0) is 14.4 Å². The average molecular weight is 454 g/mol. The minimum atomic E-state index is -1.47. The van der Waals surface area contributed by atoms with Crippen molar-refractivity contribution in [1.82, 2.24) is 20.9 Å². The fourth-order valence-corrected chi connectivity index (χ4v) is 2.53. The van der Waals surface area contributed by atoms with E-state index in [1.165, 1.54) is 18.3 Å². The number of rotatable bonds is 14. The van der Waals surface area contributed by atoms with E-state index in [1.807, 2.05) is 5.32 Å². The van der Waals surface area contributed by atoms with Gasteiger partial charge in [0.1, 0.15) is 17.9 Å². The van der Waals surface area contributed by atoms with E-state index in [4.69, 9.17) is 16.1 Å². The molecule has 14 heteroatoms. The summed E-state index contributed by atoms with van der Waals surface area (Å²) in [5.74, 6) is 1.24. The van der Waals surface area contributed by atoms with Crippen molar-refractivity contribution in [2.75, 3.05) is 12.0 Å². The Balaban J connectivity index is 2.41. The normalized spacial score (nSPS) is 12.2. The molecule has 0 bridgehead atoms. The number of nitrogens with zero attached hydrogens (tertiary/aromatic N) is 1. The maximum atomic E-state index is 12.0. The number of carboxylic acid groups (broad SMARTS) is 3. The number of unbranched alkanes of at least 4 members (excludes halogenated alkanes) is 1. The molecule has 14 nitrogen and oxygen atoms in total. The smallest absolute Gasteiger partial charge is 0.326 e. The lowest BCUT2D eigenvalue weighted by molar-refractivity contribution is -0.140. The Bertz CT molecular complexity index is 816. The third-order valence-electron chi connectivity index (χ3n) is 4.23. The number of urea groups is 1. The summed E-state index contributed by atoms with van der Waals surface area (Å²) in [4.78, 5) is 60.9. The number of aromatic nitrogens is 1. The first-order chi connectivity index (χ1) is 15.1. The maximum absolute atomic E-state index is 12.0. The van der Waals surface area contributed by atoms with Gasteiger partial charge in [0, 0.05) is 19.2 Å². The molecule has 32 heavy (non-hydrogen) atoms. The molecular weight excluding hydrogens is 428 g/mol. The van der Waals surface area contributed by atoms with Gasteiger partial charge < -0.3 is 36.7 Å². The molecule has 1 aromatic rings. The zero-order chi connectivity index (χ0) is 24.1. The lowest BCUT2D eigenvalue weighted by atomic mass is 10.1. The standard InChI is InChI=1S/C18H26N6O8/c19-24-13-6-4-10(9-21-13)15(27)20-8-2-1-3-11(16(28)29)22-18(32)23-12(17(30)31)5-7-14(25)26/h4,6,9,11-12H,1-3,5,7-8,19H2,(H,20,27)(H,21,24)(H,25,26)(H,28,29)(H,30,31)(H2,22,23,32). The van der Waals surface area contributed by atoms with E-state index < -0.39 is 42.4 Å². The van der Waals surface area contributed by atoms with Crippen molar-refractivity contribution in [1.29, 1.82) is 0 Å². The fourth-order valence-electron chi connectivity index (χ4n) is 2.53. The minimum absolute atomic E-state index is 0.0317. The molecule has 0 spiro atoms. The molecule has 1 rings (SSSR count). The number of nitrogens with one attached hydrogen (secondary N) is 4. The lowest BCUT2D eigenvalue weighted by Crippen LogP contribution is -2.51. The first-order valence-corrected chi connectivity index (χ1v) is 9.59. The van der Waals surface area contributed by atoms with Crippen molar-refractivity contribution in [3.8, 4) is 0 Å². The molecule has 1 aromatic heterocycles. The molecule has 0 aliphatic rings. The van der Waals surface area contributed by atoms with Gasteiger partial charge in [0.15, 0.2) is 0 Å². The van der Waals surface area contributed by atoms with E-state index in [0.717, 1.165) is 0 Å². The molecule has 0 saturated carbocycles. The lowest BCUT2D eigenvalue weighted by Gasteiger charge is -2.18. The van der Waals surface area contributed by atoms with Crippen LogP contribution in [0.15, 0.2) is 18.3 Å². The average Bonchev–Trinajstić information content (AvgIpc) is 2.74. The second-order valence-corrected chi connectivity index (χ2v) is 6.66. The number of anilines is 1. The zero-order valence-electron chi connectivity index (χ0n) is 17.0. The summed E-state index contributed by atoms with van der Waals surface area (Å²) < 4.78 is 0. The van der Waals surface area contributed by atoms with E-state index in [-0.39, 0.29) is 25.3 Å². The number of hydrogen-bond donors (Lipinski definition) is 8. The molecule has 176 valence electrons. The number of hydrogen-bond acceptors (Lipinski definition) is 8. The van der Waals surface area contributed by atoms with Crippen molar-refractivity contribution in [3.05, 3.63) is 23.9 Å². The van der Waals surface area contributed by atoms with Gasteiger partial charge in [-0.2, -0.15) is 0 Å². The Morgan fingerprint density at radius 1 is 0.938 bits per heavy atom. The van der Waals surface area contributed by atoms with Crippen LogP contribution in [0.3, 0.4) is 0 Å². The second-order valence-electron chi connectivity index (χ2n) is 6.66. The molecule has 3 amide bonds. The van der Waals surface area contributed by atoms with Gasteiger partial charge in [-0.15, -0.1) is 0 Å². The summed E-state index contributed by atoms with van der Waals surface area (Å²) in [6.07, 6.45) is 1.31. The van der Waals surface area contributed by atoms with Crippen LogP contribution in [0.2, 0.25) is 0 Å². The summed E-state index contributed by atoms with van der Waals surface area (Å²) in [6.45, 7) is 0.254. The summed E-state index contributed by atoms with van der Waals surface area (Å²) in [5.41, 5.74) is 2.66. The van der Waals surface area contributed by atoms with Crippen molar-refractivity contribution in [2.24, 2.45) is 5.84 Å². The Labute approximate surface area is 182 Å². The first kappa shape index (κ1) is 26.1. The number of carbonyl (C=O) groups is 5. The maximum Gasteiger partial charge on any atom is 0.326 e. The van der Waals surface area contributed by atoms with E-state index in [1.54, 1.807) is 0 Å². The van der Waals surface area contributed by atoms with Crippen LogP contribution in [0, 0.1) is 0 Å². The highest BCUT2D eigenvalue weighted by molar-refractivity contribution is 5.94. The minimum Gasteiger partial charge on any atom is -0.481 e. The number of nitrogen functional groups attached to an aromatic ring is 1. The van der Waals surface area contributed by atoms with Crippen LogP contribution >= 0.6 is 0 Å². The molecule has 0 aromatic carbocycles. The highest BCUT2D eigenvalue weighted by Gasteiger charge is 2.24. The van der Waals surface area contributed by atoms with Gasteiger partial charge in [-0.25, -0.2) is 25.2 Å². The predicted molar refractivity (Wildman–Crippen MR) is 110 cm³/mol. The number of amides is 3. The third kappa shape index (κ3) is 9.71. The molecule has 1 heterocycles. The number of carbonyl (C=O) groups excluding carboxylic acids is 2. The molecule has 0 aliphatic carbocycles. The molecule has 0 fully saturated rings. The van der Waals surface area contributed by atoms with Gasteiger partial charge in [0.25, 0.3) is 5.91 Å². The van der Waals surface area contributed by atoms with E-state index >= 15 is 0 Å². The molecule has 0 saturated heterocycles. The van der Waals surface area contributed by atoms with Crippen LogP contribution in [0.4, 0.5) is 10.6 Å². The van der Waals surface area contributed by atoms with Gasteiger partial charge in [-0.05, 0) is 37.8 Å². The van der Waals surface area contributed by atoms with E-state index in [9.17, 15) is 29.1 Å². The molecular formula is C18H26N6O8. The number of carboxylic acids is 3. The number of aliphatic carboxylic acids is 3. The zero-order valence-corrected chi connectivity index (χ0v) is 17.0. The van der Waals surface area contributed by atoms with E-state index in [2.05, 4.69) is 21.0 Å². The third-order valence-corrected chi connectivity index (χ3v) is 4.23. The van der Waals surface area contributed by atoms with Gasteiger partial charge in [0.05, 0.1) is 5.56 Å². The molecule has 0 radical (unpaired) electrons. The quantitative estimate of drug-likeness (QED) is 0.0997. The Morgan fingerprint density at radius 3 is 2.06 bits per heavy atom. The summed E-state index contributed by atoms with van der Waals surface area (Å²) >= 11 is 0. The topological polar surface area (TPSA) is 233 Å².